The third-order valence-corrected chi connectivity index (χ3v) is 4.35. The normalized spacial score (nSPS) is 25.4. The number of carbonyl (C=O) groups excluding carboxylic acids is 1. The number of amides is 1. The molecule has 0 aliphatic heterocycles. The molecule has 4 heteroatoms. The topological polar surface area (TPSA) is 66.4 Å². The minimum Gasteiger partial charge on any atom is -0.480 e. The molecule has 1 aliphatic carbocycles. The van der Waals surface area contributed by atoms with Crippen molar-refractivity contribution in [3.05, 3.63) is 0 Å². The summed E-state index contributed by atoms with van der Waals surface area (Å²) in [5.41, 5.74) is 0.190. The second-order valence-electron chi connectivity index (χ2n) is 6.67. The average Bonchev–Trinajstić information content (AvgIpc) is 2.33. The molecule has 0 aromatic rings. The van der Waals surface area contributed by atoms with Crippen LogP contribution in [0.25, 0.3) is 0 Å². The van der Waals surface area contributed by atoms with Crippen LogP contribution >= 0.6 is 0 Å². The number of nitrogens with one attached hydrogen (secondary N) is 1. The Morgan fingerprint density at radius 1 is 1.42 bits per heavy atom. The van der Waals surface area contributed by atoms with Gasteiger partial charge in [0, 0.05) is 5.92 Å². The summed E-state index contributed by atoms with van der Waals surface area (Å²) in [6.45, 7) is 8.16. The average molecular weight is 269 g/mol. The molecular weight excluding hydrogens is 242 g/mol. The van der Waals surface area contributed by atoms with Crippen molar-refractivity contribution in [1.29, 1.82) is 0 Å². The first-order valence-corrected chi connectivity index (χ1v) is 7.30. The second-order valence-corrected chi connectivity index (χ2v) is 6.67. The fourth-order valence-corrected chi connectivity index (χ4v) is 2.88. The van der Waals surface area contributed by atoms with Gasteiger partial charge in [-0.25, -0.2) is 4.79 Å². The van der Waals surface area contributed by atoms with Gasteiger partial charge in [0.25, 0.3) is 0 Å². The van der Waals surface area contributed by atoms with Gasteiger partial charge in [-0.3, -0.25) is 4.79 Å². The largest absolute Gasteiger partial charge is 0.480 e. The lowest BCUT2D eigenvalue weighted by Gasteiger charge is -2.35. The molecule has 0 spiro atoms. The molecule has 0 saturated heterocycles. The number of carboxylic acid groups (broad SMARTS) is 1. The van der Waals surface area contributed by atoms with Crippen LogP contribution in [0.5, 0.6) is 0 Å². The highest BCUT2D eigenvalue weighted by Crippen LogP contribution is 2.38. The minimum atomic E-state index is -0.933. The lowest BCUT2D eigenvalue weighted by Crippen LogP contribution is -2.48. The summed E-state index contributed by atoms with van der Waals surface area (Å²) in [6.07, 6.45) is 4.66. The summed E-state index contributed by atoms with van der Waals surface area (Å²) >= 11 is 0. The number of carbonyl (C=O) groups is 2. The van der Waals surface area contributed by atoms with E-state index >= 15 is 0 Å². The molecule has 0 aromatic carbocycles. The van der Waals surface area contributed by atoms with Crippen LogP contribution in [-0.4, -0.2) is 23.0 Å². The van der Waals surface area contributed by atoms with Crippen molar-refractivity contribution in [1.82, 2.24) is 5.32 Å². The molecule has 3 unspecified atom stereocenters. The van der Waals surface area contributed by atoms with Gasteiger partial charge in [0.2, 0.25) is 5.91 Å². The Balaban J connectivity index is 2.64. The molecule has 1 saturated carbocycles. The summed E-state index contributed by atoms with van der Waals surface area (Å²) < 4.78 is 0. The number of rotatable bonds is 5. The third-order valence-electron chi connectivity index (χ3n) is 4.35. The molecule has 0 radical (unpaired) electrons. The predicted octanol–water partition coefficient (Wildman–Crippen LogP) is 2.82. The molecule has 2 N–H and O–H groups in total. The van der Waals surface area contributed by atoms with Crippen LogP contribution in [0.4, 0.5) is 0 Å². The van der Waals surface area contributed by atoms with E-state index in [-0.39, 0.29) is 23.2 Å². The summed E-state index contributed by atoms with van der Waals surface area (Å²) in [7, 11) is 0. The van der Waals surface area contributed by atoms with E-state index in [0.29, 0.717) is 0 Å². The van der Waals surface area contributed by atoms with Gasteiger partial charge in [-0.2, -0.15) is 0 Å². The predicted molar refractivity (Wildman–Crippen MR) is 74.8 cm³/mol. The number of carboxylic acids is 1. The zero-order valence-corrected chi connectivity index (χ0v) is 12.5. The number of aliphatic carboxylic acids is 1. The molecule has 1 amide bonds. The smallest absolute Gasteiger partial charge is 0.326 e. The summed E-state index contributed by atoms with van der Waals surface area (Å²) in [5.74, 6) is -1.09. The van der Waals surface area contributed by atoms with Gasteiger partial charge in [-0.15, -0.1) is 0 Å². The van der Waals surface area contributed by atoms with Gasteiger partial charge in [0.05, 0.1) is 0 Å². The Morgan fingerprint density at radius 2 is 2.05 bits per heavy atom. The van der Waals surface area contributed by atoms with Crippen LogP contribution < -0.4 is 5.32 Å². The summed E-state index contributed by atoms with van der Waals surface area (Å²) in [6, 6.07) is -0.762. The maximum atomic E-state index is 12.2. The maximum absolute atomic E-state index is 12.2. The highest BCUT2D eigenvalue weighted by Gasteiger charge is 2.34. The molecule has 1 fully saturated rings. The van der Waals surface area contributed by atoms with Crippen molar-refractivity contribution >= 4 is 11.9 Å². The Morgan fingerprint density at radius 3 is 2.53 bits per heavy atom. The Bertz CT molecular complexity index is 338. The van der Waals surface area contributed by atoms with E-state index in [9.17, 15) is 14.7 Å². The SMILES string of the molecule is CCC(C)C(NC(=O)C1CCCC(C)(C)C1)C(=O)O. The first-order chi connectivity index (χ1) is 8.76. The highest BCUT2D eigenvalue weighted by atomic mass is 16.4. The van der Waals surface area contributed by atoms with E-state index in [1.807, 2.05) is 13.8 Å². The fraction of sp³-hybridized carbons (Fsp3) is 0.867. The Labute approximate surface area is 116 Å². The lowest BCUT2D eigenvalue weighted by atomic mass is 9.72. The Hall–Kier alpha value is -1.06. The lowest BCUT2D eigenvalue weighted by molar-refractivity contribution is -0.144. The molecule has 4 nitrogen and oxygen atoms in total. The molecule has 3 atom stereocenters. The van der Waals surface area contributed by atoms with Crippen LogP contribution in [0.15, 0.2) is 0 Å². The first kappa shape index (κ1) is 16.0. The van der Waals surface area contributed by atoms with Crippen LogP contribution in [0.2, 0.25) is 0 Å². The van der Waals surface area contributed by atoms with E-state index in [2.05, 4.69) is 19.2 Å². The van der Waals surface area contributed by atoms with Gasteiger partial charge >= 0.3 is 5.97 Å². The summed E-state index contributed by atoms with van der Waals surface area (Å²) in [4.78, 5) is 23.5. The van der Waals surface area contributed by atoms with Crippen molar-refractivity contribution in [3.8, 4) is 0 Å². The van der Waals surface area contributed by atoms with Crippen molar-refractivity contribution < 1.29 is 14.7 Å². The van der Waals surface area contributed by atoms with E-state index in [1.165, 1.54) is 0 Å². The van der Waals surface area contributed by atoms with Gasteiger partial charge in [0.1, 0.15) is 6.04 Å². The minimum absolute atomic E-state index is 0.0327. The van der Waals surface area contributed by atoms with Crippen molar-refractivity contribution in [2.45, 2.75) is 65.8 Å². The fourth-order valence-electron chi connectivity index (χ4n) is 2.88. The second kappa shape index (κ2) is 6.40. The number of hydrogen-bond donors (Lipinski definition) is 2. The quantitative estimate of drug-likeness (QED) is 0.806. The number of hydrogen-bond acceptors (Lipinski definition) is 2. The van der Waals surface area contributed by atoms with E-state index in [4.69, 9.17) is 0 Å². The van der Waals surface area contributed by atoms with Gasteiger partial charge in [-0.05, 0) is 30.6 Å². The first-order valence-electron chi connectivity index (χ1n) is 7.30. The van der Waals surface area contributed by atoms with E-state index in [0.717, 1.165) is 32.1 Å². The van der Waals surface area contributed by atoms with Crippen LogP contribution in [0, 0.1) is 17.3 Å². The molecular formula is C15H27NO3. The molecule has 1 rings (SSSR count). The van der Waals surface area contributed by atoms with Gasteiger partial charge in [0.15, 0.2) is 0 Å². The molecule has 110 valence electrons. The monoisotopic (exact) mass is 269 g/mol. The van der Waals surface area contributed by atoms with Gasteiger partial charge < -0.3 is 10.4 Å². The van der Waals surface area contributed by atoms with E-state index in [1.54, 1.807) is 0 Å². The zero-order valence-electron chi connectivity index (χ0n) is 12.5. The van der Waals surface area contributed by atoms with Crippen LogP contribution in [0.1, 0.15) is 59.8 Å². The zero-order chi connectivity index (χ0) is 14.6. The summed E-state index contributed by atoms with van der Waals surface area (Å²) in [5, 5.41) is 11.9. The molecule has 1 aliphatic rings. The van der Waals surface area contributed by atoms with Crippen LogP contribution in [0.3, 0.4) is 0 Å². The van der Waals surface area contributed by atoms with Crippen molar-refractivity contribution in [2.24, 2.45) is 17.3 Å². The maximum Gasteiger partial charge on any atom is 0.326 e. The standard InChI is InChI=1S/C15H27NO3/c1-5-10(2)12(14(18)19)16-13(17)11-7-6-8-15(3,4)9-11/h10-12H,5-9H2,1-4H3,(H,16,17)(H,18,19). The van der Waals surface area contributed by atoms with Crippen molar-refractivity contribution in [2.75, 3.05) is 0 Å². The molecule has 19 heavy (non-hydrogen) atoms. The van der Waals surface area contributed by atoms with Crippen molar-refractivity contribution in [3.63, 3.8) is 0 Å². The molecule has 0 bridgehead atoms. The molecule has 0 aromatic heterocycles. The molecule has 0 heterocycles. The third kappa shape index (κ3) is 4.51. The van der Waals surface area contributed by atoms with E-state index < -0.39 is 12.0 Å². The van der Waals surface area contributed by atoms with Crippen LogP contribution in [-0.2, 0) is 9.59 Å². The Kier molecular flexibility index (Phi) is 5.39. The van der Waals surface area contributed by atoms with Gasteiger partial charge in [-0.1, -0.05) is 40.5 Å². The highest BCUT2D eigenvalue weighted by molar-refractivity contribution is 5.85.